The molecule has 0 bridgehead atoms. The molecule has 0 unspecified atom stereocenters. The maximum absolute atomic E-state index is 13.9. The third kappa shape index (κ3) is 2.78. The van der Waals surface area contributed by atoms with Crippen LogP contribution in [0.4, 0.5) is 4.39 Å². The molecular formula is C14H14ClFN2O2. The molecule has 2 atom stereocenters. The summed E-state index contributed by atoms with van der Waals surface area (Å²) < 4.78 is 25.0. The van der Waals surface area contributed by atoms with Crippen molar-refractivity contribution in [2.75, 3.05) is 13.1 Å². The monoisotopic (exact) mass is 296 g/mol. The van der Waals surface area contributed by atoms with Crippen molar-refractivity contribution in [2.24, 2.45) is 5.92 Å². The van der Waals surface area contributed by atoms with Gasteiger partial charge in [0, 0.05) is 17.5 Å². The predicted octanol–water partition coefficient (Wildman–Crippen LogP) is 3.20. The average Bonchev–Trinajstić information content (AvgIpc) is 3.11. The molecule has 1 fully saturated rings. The second-order valence-electron chi connectivity index (χ2n) is 4.74. The van der Waals surface area contributed by atoms with Crippen LogP contribution in [0.3, 0.4) is 0 Å². The second-order valence-corrected chi connectivity index (χ2v) is 5.17. The molecule has 1 aliphatic rings. The summed E-state index contributed by atoms with van der Waals surface area (Å²) in [5, 5.41) is 3.60. The standard InChI is InChI=1S/C14H14ClFN2O2/c15-10-1-2-12(11(16)7-10)20-13(9-3-4-17-8-9)14-18-5-6-19-14/h1-2,5-7,9,13,17H,3-4,8H2/t9-,13+/m1/s1. The fourth-order valence-electron chi connectivity index (χ4n) is 2.37. The number of nitrogens with one attached hydrogen (secondary N) is 1. The van der Waals surface area contributed by atoms with Crippen LogP contribution in [0.5, 0.6) is 5.75 Å². The minimum Gasteiger partial charge on any atom is -0.477 e. The van der Waals surface area contributed by atoms with Crippen LogP contribution in [0, 0.1) is 11.7 Å². The summed E-state index contributed by atoms with van der Waals surface area (Å²) in [5.41, 5.74) is 0. The number of aromatic nitrogens is 1. The highest BCUT2D eigenvalue weighted by Gasteiger charge is 2.31. The van der Waals surface area contributed by atoms with Gasteiger partial charge < -0.3 is 14.5 Å². The van der Waals surface area contributed by atoms with E-state index < -0.39 is 11.9 Å². The van der Waals surface area contributed by atoms with Crippen LogP contribution < -0.4 is 10.1 Å². The number of halogens is 2. The van der Waals surface area contributed by atoms with E-state index in [4.69, 9.17) is 20.8 Å². The molecule has 0 amide bonds. The summed E-state index contributed by atoms with van der Waals surface area (Å²) in [6.07, 6.45) is 3.58. The Kier molecular flexibility index (Phi) is 3.89. The third-order valence-corrected chi connectivity index (χ3v) is 3.60. The Morgan fingerprint density at radius 2 is 2.40 bits per heavy atom. The van der Waals surface area contributed by atoms with Gasteiger partial charge in [-0.3, -0.25) is 0 Å². The summed E-state index contributed by atoms with van der Waals surface area (Å²) in [5.74, 6) is 0.335. The van der Waals surface area contributed by atoms with Gasteiger partial charge in [-0.25, -0.2) is 9.37 Å². The smallest absolute Gasteiger partial charge is 0.235 e. The Hall–Kier alpha value is -1.59. The van der Waals surface area contributed by atoms with E-state index in [0.29, 0.717) is 10.9 Å². The van der Waals surface area contributed by atoms with Crippen LogP contribution in [-0.2, 0) is 0 Å². The number of hydrogen-bond donors (Lipinski definition) is 1. The van der Waals surface area contributed by atoms with Gasteiger partial charge in [0.2, 0.25) is 5.89 Å². The predicted molar refractivity (Wildman–Crippen MR) is 72.3 cm³/mol. The first-order valence-electron chi connectivity index (χ1n) is 6.46. The van der Waals surface area contributed by atoms with Gasteiger partial charge in [0.25, 0.3) is 0 Å². The highest BCUT2D eigenvalue weighted by molar-refractivity contribution is 6.30. The molecule has 2 aromatic rings. The normalized spacial score (nSPS) is 20.0. The lowest BCUT2D eigenvalue weighted by Crippen LogP contribution is -2.22. The summed E-state index contributed by atoms with van der Waals surface area (Å²) in [6, 6.07) is 4.35. The number of ether oxygens (including phenoxy) is 1. The van der Waals surface area contributed by atoms with Crippen LogP contribution in [0.2, 0.25) is 5.02 Å². The first kappa shape index (κ1) is 13.4. The molecule has 6 heteroatoms. The first-order chi connectivity index (χ1) is 9.74. The van der Waals surface area contributed by atoms with Crippen molar-refractivity contribution in [2.45, 2.75) is 12.5 Å². The van der Waals surface area contributed by atoms with E-state index in [2.05, 4.69) is 10.3 Å². The molecule has 106 valence electrons. The lowest BCUT2D eigenvalue weighted by Gasteiger charge is -2.21. The van der Waals surface area contributed by atoms with Gasteiger partial charge in [-0.15, -0.1) is 0 Å². The Labute approximate surface area is 120 Å². The lowest BCUT2D eigenvalue weighted by atomic mass is 10.0. The second kappa shape index (κ2) is 5.81. The highest BCUT2D eigenvalue weighted by atomic mass is 35.5. The number of oxazole rings is 1. The van der Waals surface area contributed by atoms with Crippen molar-refractivity contribution in [3.63, 3.8) is 0 Å². The average molecular weight is 297 g/mol. The van der Waals surface area contributed by atoms with Crippen LogP contribution in [0.25, 0.3) is 0 Å². The van der Waals surface area contributed by atoms with Crippen molar-refractivity contribution < 1.29 is 13.5 Å². The fourth-order valence-corrected chi connectivity index (χ4v) is 2.53. The Morgan fingerprint density at radius 3 is 3.05 bits per heavy atom. The van der Waals surface area contributed by atoms with E-state index in [1.54, 1.807) is 12.3 Å². The molecular weight excluding hydrogens is 283 g/mol. The maximum Gasteiger partial charge on any atom is 0.235 e. The minimum absolute atomic E-state index is 0.157. The molecule has 0 saturated carbocycles. The van der Waals surface area contributed by atoms with Gasteiger partial charge in [-0.2, -0.15) is 0 Å². The molecule has 0 radical (unpaired) electrons. The van der Waals surface area contributed by atoms with Gasteiger partial charge in [0.1, 0.15) is 6.26 Å². The van der Waals surface area contributed by atoms with Gasteiger partial charge in [-0.05, 0) is 31.2 Å². The molecule has 0 aliphatic carbocycles. The van der Waals surface area contributed by atoms with E-state index in [9.17, 15) is 4.39 Å². The zero-order valence-corrected chi connectivity index (χ0v) is 11.4. The van der Waals surface area contributed by atoms with Crippen LogP contribution in [0.15, 0.2) is 35.1 Å². The van der Waals surface area contributed by atoms with Gasteiger partial charge in [-0.1, -0.05) is 11.6 Å². The molecule has 0 spiro atoms. The largest absolute Gasteiger partial charge is 0.477 e. The number of benzene rings is 1. The fraction of sp³-hybridized carbons (Fsp3) is 0.357. The van der Waals surface area contributed by atoms with Crippen molar-refractivity contribution in [3.8, 4) is 5.75 Å². The number of hydrogen-bond acceptors (Lipinski definition) is 4. The van der Waals surface area contributed by atoms with Crippen molar-refractivity contribution in [3.05, 3.63) is 47.4 Å². The Morgan fingerprint density at radius 1 is 1.50 bits per heavy atom. The van der Waals surface area contributed by atoms with Crippen LogP contribution >= 0.6 is 11.6 Å². The summed E-state index contributed by atoms with van der Waals surface area (Å²) in [7, 11) is 0. The number of nitrogens with zero attached hydrogens (tertiary/aromatic N) is 1. The third-order valence-electron chi connectivity index (χ3n) is 3.37. The quantitative estimate of drug-likeness (QED) is 0.941. The summed E-state index contributed by atoms with van der Waals surface area (Å²) in [6.45, 7) is 1.70. The molecule has 1 saturated heterocycles. The van der Waals surface area contributed by atoms with Gasteiger partial charge >= 0.3 is 0 Å². The molecule has 1 aromatic heterocycles. The van der Waals surface area contributed by atoms with E-state index >= 15 is 0 Å². The first-order valence-corrected chi connectivity index (χ1v) is 6.83. The van der Waals surface area contributed by atoms with Gasteiger partial charge in [0.05, 0.1) is 6.20 Å². The Balaban J connectivity index is 1.86. The lowest BCUT2D eigenvalue weighted by molar-refractivity contribution is 0.109. The van der Waals surface area contributed by atoms with E-state index in [1.165, 1.54) is 18.4 Å². The molecule has 1 N–H and O–H groups in total. The highest BCUT2D eigenvalue weighted by Crippen LogP contribution is 2.33. The van der Waals surface area contributed by atoms with Crippen LogP contribution in [-0.4, -0.2) is 18.1 Å². The topological polar surface area (TPSA) is 47.3 Å². The van der Waals surface area contributed by atoms with Crippen molar-refractivity contribution in [1.29, 1.82) is 0 Å². The van der Waals surface area contributed by atoms with E-state index in [0.717, 1.165) is 19.5 Å². The van der Waals surface area contributed by atoms with Crippen LogP contribution in [0.1, 0.15) is 18.4 Å². The van der Waals surface area contributed by atoms with E-state index in [-0.39, 0.29) is 11.7 Å². The molecule has 1 aliphatic heterocycles. The van der Waals surface area contributed by atoms with Crippen molar-refractivity contribution in [1.82, 2.24) is 10.3 Å². The SMILES string of the molecule is Fc1cc(Cl)ccc1O[C@H](c1ncco1)[C@@H]1CCNC1. The molecule has 3 rings (SSSR count). The zero-order chi connectivity index (χ0) is 13.9. The maximum atomic E-state index is 13.9. The number of rotatable bonds is 4. The molecule has 2 heterocycles. The van der Waals surface area contributed by atoms with Crippen molar-refractivity contribution >= 4 is 11.6 Å². The van der Waals surface area contributed by atoms with Gasteiger partial charge in [0.15, 0.2) is 17.7 Å². The molecule has 20 heavy (non-hydrogen) atoms. The summed E-state index contributed by atoms with van der Waals surface area (Å²) in [4.78, 5) is 4.14. The molecule has 1 aromatic carbocycles. The minimum atomic E-state index is -0.486. The molecule has 4 nitrogen and oxygen atoms in total. The zero-order valence-electron chi connectivity index (χ0n) is 10.7. The summed E-state index contributed by atoms with van der Waals surface area (Å²) >= 11 is 5.74. The van der Waals surface area contributed by atoms with E-state index in [1.807, 2.05) is 0 Å². The Bertz CT molecular complexity index is 571.